The van der Waals surface area contributed by atoms with Gasteiger partial charge < -0.3 is 4.74 Å². The van der Waals surface area contributed by atoms with Gasteiger partial charge in [-0.3, -0.25) is 9.69 Å². The third-order valence-corrected chi connectivity index (χ3v) is 4.50. The summed E-state index contributed by atoms with van der Waals surface area (Å²) in [5.74, 6) is -0.193. The zero-order chi connectivity index (χ0) is 19.2. The lowest BCUT2D eigenvalue weighted by Crippen LogP contribution is -2.23. The number of carbonyl (C=O) groups is 1. The first kappa shape index (κ1) is 18.7. The van der Waals surface area contributed by atoms with E-state index in [4.69, 9.17) is 0 Å². The minimum atomic E-state index is -2.87. The maximum Gasteiger partial charge on any atom is 0.387 e. The molecule has 1 aromatic heterocycles. The van der Waals surface area contributed by atoms with Crippen LogP contribution in [0.3, 0.4) is 0 Å². The van der Waals surface area contributed by atoms with E-state index in [9.17, 15) is 13.6 Å². The Morgan fingerprint density at radius 1 is 1.15 bits per heavy atom. The summed E-state index contributed by atoms with van der Waals surface area (Å²) in [6.07, 6.45) is 3.04. The van der Waals surface area contributed by atoms with Crippen molar-refractivity contribution >= 4 is 34.1 Å². The second-order valence-corrected chi connectivity index (χ2v) is 6.40. The molecule has 0 N–H and O–H groups in total. The molecule has 27 heavy (non-hydrogen) atoms. The second-order valence-electron chi connectivity index (χ2n) is 5.56. The first-order valence-corrected chi connectivity index (χ1v) is 8.95. The summed E-state index contributed by atoms with van der Waals surface area (Å²) < 4.78 is 28.7. The highest BCUT2D eigenvalue weighted by Crippen LogP contribution is 2.29. The van der Waals surface area contributed by atoms with E-state index in [1.807, 2.05) is 42.6 Å². The van der Waals surface area contributed by atoms with Gasteiger partial charge in [0.05, 0.1) is 11.4 Å². The average Bonchev–Trinajstić information content (AvgIpc) is 3.07. The van der Waals surface area contributed by atoms with E-state index in [1.54, 1.807) is 18.2 Å². The maximum atomic E-state index is 12.8. The number of aromatic nitrogens is 1. The maximum absolute atomic E-state index is 12.8. The van der Waals surface area contributed by atoms with Gasteiger partial charge >= 0.3 is 6.61 Å². The van der Waals surface area contributed by atoms with Crippen LogP contribution in [0.4, 0.5) is 19.6 Å². The number of benzene rings is 2. The van der Waals surface area contributed by atoms with Crippen molar-refractivity contribution in [2.75, 3.05) is 4.90 Å². The highest BCUT2D eigenvalue weighted by Gasteiger charge is 2.18. The number of hydrogen-bond donors (Lipinski definition) is 0. The lowest BCUT2D eigenvalue weighted by atomic mass is 10.2. The number of para-hydroxylation sites is 1. The van der Waals surface area contributed by atoms with Gasteiger partial charge in [0.1, 0.15) is 5.75 Å². The lowest BCUT2D eigenvalue weighted by molar-refractivity contribution is -0.113. The van der Waals surface area contributed by atoms with Gasteiger partial charge in [0.2, 0.25) is 0 Å². The largest absolute Gasteiger partial charge is 0.435 e. The number of alkyl halides is 2. The molecule has 0 saturated carbocycles. The predicted molar refractivity (Wildman–Crippen MR) is 103 cm³/mol. The molecule has 0 spiro atoms. The molecule has 0 aliphatic carbocycles. The van der Waals surface area contributed by atoms with E-state index < -0.39 is 6.61 Å². The Labute approximate surface area is 159 Å². The molecule has 3 aromatic rings. The fraction of sp³-hybridized carbons (Fsp3) is 0.100. The Morgan fingerprint density at radius 3 is 2.44 bits per heavy atom. The molecule has 0 aliphatic rings. The van der Waals surface area contributed by atoms with Crippen LogP contribution in [-0.4, -0.2) is 17.5 Å². The van der Waals surface area contributed by atoms with Crippen molar-refractivity contribution in [1.82, 2.24) is 4.98 Å². The van der Waals surface area contributed by atoms with E-state index in [2.05, 4.69) is 9.72 Å². The number of aryl methyl sites for hydroxylation is 1. The zero-order valence-corrected chi connectivity index (χ0v) is 15.2. The van der Waals surface area contributed by atoms with Gasteiger partial charge in [-0.25, -0.2) is 4.98 Å². The number of anilines is 2. The van der Waals surface area contributed by atoms with Crippen molar-refractivity contribution < 1.29 is 18.3 Å². The molecule has 1 heterocycles. The third kappa shape index (κ3) is 4.98. The Morgan fingerprint density at radius 2 is 1.85 bits per heavy atom. The SMILES string of the molecule is Cc1csc(N(C(=O)/C=C/c2ccc(OC(F)F)cc2)c2ccccc2)n1. The van der Waals surface area contributed by atoms with E-state index in [1.165, 1.54) is 34.4 Å². The van der Waals surface area contributed by atoms with Crippen LogP contribution in [0, 0.1) is 6.92 Å². The average molecular weight is 386 g/mol. The van der Waals surface area contributed by atoms with Gasteiger partial charge in [0.25, 0.3) is 5.91 Å². The number of rotatable bonds is 6. The van der Waals surface area contributed by atoms with Crippen LogP contribution in [0.15, 0.2) is 66.1 Å². The number of halogens is 2. The molecule has 138 valence electrons. The van der Waals surface area contributed by atoms with Crippen LogP contribution < -0.4 is 9.64 Å². The lowest BCUT2D eigenvalue weighted by Gasteiger charge is -2.18. The third-order valence-electron chi connectivity index (χ3n) is 3.56. The van der Waals surface area contributed by atoms with Crippen LogP contribution in [0.5, 0.6) is 5.75 Å². The van der Waals surface area contributed by atoms with E-state index in [0.29, 0.717) is 16.4 Å². The van der Waals surface area contributed by atoms with Gasteiger partial charge in [-0.05, 0) is 42.8 Å². The Balaban J connectivity index is 1.81. The smallest absolute Gasteiger partial charge is 0.387 e. The number of amides is 1. The fourth-order valence-corrected chi connectivity index (χ4v) is 3.18. The van der Waals surface area contributed by atoms with Gasteiger partial charge in [-0.2, -0.15) is 8.78 Å². The molecule has 1 amide bonds. The Bertz CT molecular complexity index is 925. The van der Waals surface area contributed by atoms with Crippen molar-refractivity contribution in [3.63, 3.8) is 0 Å². The normalized spacial score (nSPS) is 11.1. The van der Waals surface area contributed by atoms with Crippen LogP contribution in [0.2, 0.25) is 0 Å². The summed E-state index contributed by atoms with van der Waals surface area (Å²) in [4.78, 5) is 18.8. The molecule has 0 fully saturated rings. The fourth-order valence-electron chi connectivity index (χ4n) is 2.36. The highest BCUT2D eigenvalue weighted by molar-refractivity contribution is 7.14. The molecule has 0 radical (unpaired) electrons. The molecular weight excluding hydrogens is 370 g/mol. The molecule has 0 aliphatic heterocycles. The molecule has 0 atom stereocenters. The minimum absolute atomic E-state index is 0.0673. The van der Waals surface area contributed by atoms with Crippen molar-refractivity contribution in [3.05, 3.63) is 77.3 Å². The van der Waals surface area contributed by atoms with Gasteiger partial charge in [-0.15, -0.1) is 11.3 Å². The molecule has 7 heteroatoms. The quantitative estimate of drug-likeness (QED) is 0.531. The van der Waals surface area contributed by atoms with Crippen LogP contribution in [0.25, 0.3) is 6.08 Å². The van der Waals surface area contributed by atoms with Crippen molar-refractivity contribution in [1.29, 1.82) is 0 Å². The van der Waals surface area contributed by atoms with Gasteiger partial charge in [0.15, 0.2) is 5.13 Å². The Hall–Kier alpha value is -3.06. The predicted octanol–water partition coefficient (Wildman–Crippen LogP) is 5.43. The van der Waals surface area contributed by atoms with Gasteiger partial charge in [0, 0.05) is 11.5 Å². The number of thiazole rings is 1. The summed E-state index contributed by atoms with van der Waals surface area (Å²) in [5.41, 5.74) is 2.23. The van der Waals surface area contributed by atoms with Gasteiger partial charge in [-0.1, -0.05) is 30.3 Å². The summed E-state index contributed by atoms with van der Waals surface area (Å²) in [6.45, 7) is -0.999. The summed E-state index contributed by atoms with van der Waals surface area (Å²) in [7, 11) is 0. The van der Waals surface area contributed by atoms with Crippen molar-refractivity contribution in [2.24, 2.45) is 0 Å². The summed E-state index contributed by atoms with van der Waals surface area (Å²) >= 11 is 1.38. The Kier molecular flexibility index (Phi) is 5.93. The van der Waals surface area contributed by atoms with Crippen LogP contribution >= 0.6 is 11.3 Å². The topological polar surface area (TPSA) is 42.4 Å². The monoisotopic (exact) mass is 386 g/mol. The van der Waals surface area contributed by atoms with Crippen LogP contribution in [0.1, 0.15) is 11.3 Å². The first-order chi connectivity index (χ1) is 13.0. The number of carbonyl (C=O) groups excluding carboxylic acids is 1. The standard InChI is InChI=1S/C20H16F2N2O2S/c1-14-13-27-20(23-14)24(16-5-3-2-4-6-16)18(25)12-9-15-7-10-17(11-8-15)26-19(21)22/h2-13,19H,1H3/b12-9+. The molecular formula is C20H16F2N2O2S. The van der Waals surface area contributed by atoms with E-state index in [-0.39, 0.29) is 11.7 Å². The molecule has 0 unspecified atom stereocenters. The number of hydrogen-bond acceptors (Lipinski definition) is 4. The van der Waals surface area contributed by atoms with Crippen molar-refractivity contribution in [3.8, 4) is 5.75 Å². The zero-order valence-electron chi connectivity index (χ0n) is 14.4. The summed E-state index contributed by atoms with van der Waals surface area (Å²) in [5, 5.41) is 2.46. The number of nitrogens with zero attached hydrogens (tertiary/aromatic N) is 2. The van der Waals surface area contributed by atoms with E-state index in [0.717, 1.165) is 5.69 Å². The molecule has 3 rings (SSSR count). The second kappa shape index (κ2) is 8.55. The van der Waals surface area contributed by atoms with E-state index >= 15 is 0 Å². The van der Waals surface area contributed by atoms with Crippen molar-refractivity contribution in [2.45, 2.75) is 13.5 Å². The molecule has 2 aromatic carbocycles. The van der Waals surface area contributed by atoms with Crippen LogP contribution in [-0.2, 0) is 4.79 Å². The highest BCUT2D eigenvalue weighted by atomic mass is 32.1. The molecule has 0 bridgehead atoms. The molecule has 0 saturated heterocycles. The first-order valence-electron chi connectivity index (χ1n) is 8.07. The molecule has 4 nitrogen and oxygen atoms in total. The number of ether oxygens (including phenoxy) is 1. The minimum Gasteiger partial charge on any atom is -0.435 e. The summed E-state index contributed by atoms with van der Waals surface area (Å²) in [6, 6.07) is 15.3.